The zero-order valence-electron chi connectivity index (χ0n) is 7.63. The quantitative estimate of drug-likeness (QED) is 0.480. The summed E-state index contributed by atoms with van der Waals surface area (Å²) in [4.78, 5) is 0. The highest BCUT2D eigenvalue weighted by molar-refractivity contribution is 4.78. The van der Waals surface area contributed by atoms with E-state index in [1.165, 1.54) is 12.8 Å². The predicted molar refractivity (Wildman–Crippen MR) is 51.0 cm³/mol. The first-order valence-electron chi connectivity index (χ1n) is 4.84. The van der Waals surface area contributed by atoms with Crippen molar-refractivity contribution in [2.75, 3.05) is 13.1 Å². The summed E-state index contributed by atoms with van der Waals surface area (Å²) in [7, 11) is 0. The maximum absolute atomic E-state index is 9.49. The van der Waals surface area contributed by atoms with Gasteiger partial charge >= 0.3 is 0 Å². The van der Waals surface area contributed by atoms with E-state index < -0.39 is 0 Å². The lowest BCUT2D eigenvalue weighted by Crippen LogP contribution is -2.28. The molecule has 2 atom stereocenters. The van der Waals surface area contributed by atoms with Gasteiger partial charge in [0.15, 0.2) is 0 Å². The van der Waals surface area contributed by atoms with Crippen LogP contribution in [-0.4, -0.2) is 24.3 Å². The van der Waals surface area contributed by atoms with Gasteiger partial charge in [0.2, 0.25) is 0 Å². The van der Waals surface area contributed by atoms with Gasteiger partial charge in [0.25, 0.3) is 0 Å². The van der Waals surface area contributed by atoms with Crippen molar-refractivity contribution in [3.63, 3.8) is 0 Å². The van der Waals surface area contributed by atoms with E-state index in [0.717, 1.165) is 25.9 Å². The smallest absolute Gasteiger partial charge is 0.0580 e. The third kappa shape index (κ3) is 2.95. The summed E-state index contributed by atoms with van der Waals surface area (Å²) in [5.41, 5.74) is 0. The van der Waals surface area contributed by atoms with Crippen LogP contribution < -0.4 is 5.32 Å². The number of hydrogen-bond donors (Lipinski definition) is 2. The Balaban J connectivity index is 2.02. The minimum atomic E-state index is -0.0544. The molecular weight excluding hydrogens is 150 g/mol. The molecule has 1 rings (SSSR count). The van der Waals surface area contributed by atoms with E-state index >= 15 is 0 Å². The Hall–Kier alpha value is -0.340. The molecule has 1 aliphatic rings. The lowest BCUT2D eigenvalue weighted by atomic mass is 10.1. The third-order valence-electron chi connectivity index (χ3n) is 2.55. The number of aliphatic hydroxyl groups is 1. The van der Waals surface area contributed by atoms with E-state index in [4.69, 9.17) is 0 Å². The molecule has 0 aliphatic heterocycles. The molecule has 2 heteroatoms. The Morgan fingerprint density at radius 3 is 2.92 bits per heavy atom. The average Bonchev–Trinajstić information content (AvgIpc) is 2.46. The summed E-state index contributed by atoms with van der Waals surface area (Å²) in [6.07, 6.45) is 6.24. The van der Waals surface area contributed by atoms with E-state index in [0.29, 0.717) is 5.92 Å². The molecule has 1 saturated carbocycles. The van der Waals surface area contributed by atoms with Crippen LogP contribution in [0.15, 0.2) is 12.7 Å². The van der Waals surface area contributed by atoms with Crippen molar-refractivity contribution < 1.29 is 5.11 Å². The molecule has 2 nitrogen and oxygen atoms in total. The fourth-order valence-electron chi connectivity index (χ4n) is 1.75. The molecule has 2 unspecified atom stereocenters. The van der Waals surface area contributed by atoms with Gasteiger partial charge in [-0.1, -0.05) is 12.5 Å². The molecule has 0 spiro atoms. The first kappa shape index (κ1) is 9.75. The molecule has 1 fully saturated rings. The van der Waals surface area contributed by atoms with Crippen LogP contribution in [0, 0.1) is 5.92 Å². The Kier molecular flexibility index (Phi) is 4.33. The monoisotopic (exact) mass is 169 g/mol. The van der Waals surface area contributed by atoms with Crippen LogP contribution in [0.5, 0.6) is 0 Å². The Morgan fingerprint density at radius 1 is 1.50 bits per heavy atom. The molecular formula is C10H19NO. The molecule has 0 heterocycles. The van der Waals surface area contributed by atoms with Crippen LogP contribution >= 0.6 is 0 Å². The molecule has 0 amide bonds. The highest BCUT2D eigenvalue weighted by atomic mass is 16.3. The van der Waals surface area contributed by atoms with Crippen molar-refractivity contribution in [1.82, 2.24) is 5.32 Å². The van der Waals surface area contributed by atoms with Gasteiger partial charge < -0.3 is 10.4 Å². The molecule has 0 aromatic rings. The highest BCUT2D eigenvalue weighted by Crippen LogP contribution is 2.24. The zero-order valence-corrected chi connectivity index (χ0v) is 7.63. The van der Waals surface area contributed by atoms with E-state index in [1.807, 2.05) is 6.08 Å². The topological polar surface area (TPSA) is 32.3 Å². The van der Waals surface area contributed by atoms with Gasteiger partial charge in [0.1, 0.15) is 0 Å². The number of hydrogen-bond acceptors (Lipinski definition) is 2. The molecule has 0 radical (unpaired) electrons. The number of rotatable bonds is 5. The van der Waals surface area contributed by atoms with Crippen molar-refractivity contribution in [1.29, 1.82) is 0 Å². The molecule has 0 bridgehead atoms. The van der Waals surface area contributed by atoms with Gasteiger partial charge in [-0.3, -0.25) is 0 Å². The molecule has 2 N–H and O–H groups in total. The first-order chi connectivity index (χ1) is 5.84. The van der Waals surface area contributed by atoms with Crippen molar-refractivity contribution in [3.8, 4) is 0 Å². The Bertz CT molecular complexity index is 136. The summed E-state index contributed by atoms with van der Waals surface area (Å²) in [6.45, 7) is 5.62. The highest BCUT2D eigenvalue weighted by Gasteiger charge is 2.24. The molecule has 0 aromatic heterocycles. The summed E-state index contributed by atoms with van der Waals surface area (Å²) in [5.74, 6) is 0.495. The van der Waals surface area contributed by atoms with Gasteiger partial charge in [-0.05, 0) is 31.7 Å². The van der Waals surface area contributed by atoms with Crippen molar-refractivity contribution in [2.24, 2.45) is 5.92 Å². The van der Waals surface area contributed by atoms with E-state index in [1.54, 1.807) is 0 Å². The predicted octanol–water partition coefficient (Wildman–Crippen LogP) is 1.31. The fourth-order valence-corrected chi connectivity index (χ4v) is 1.75. The van der Waals surface area contributed by atoms with Crippen LogP contribution in [-0.2, 0) is 0 Å². The molecule has 1 aliphatic carbocycles. The summed E-state index contributed by atoms with van der Waals surface area (Å²) in [5, 5.41) is 12.8. The lowest BCUT2D eigenvalue weighted by molar-refractivity contribution is 0.132. The van der Waals surface area contributed by atoms with Gasteiger partial charge in [0.05, 0.1) is 6.10 Å². The van der Waals surface area contributed by atoms with E-state index in [2.05, 4.69) is 11.9 Å². The lowest BCUT2D eigenvalue weighted by Gasteiger charge is -2.14. The fraction of sp³-hybridized carbons (Fsp3) is 0.800. The molecule has 0 aromatic carbocycles. The van der Waals surface area contributed by atoms with Gasteiger partial charge in [-0.15, -0.1) is 6.58 Å². The Morgan fingerprint density at radius 2 is 2.33 bits per heavy atom. The standard InChI is InChI=1S/C10H19NO/c1-2-3-7-11-8-9-5-4-6-10(9)12/h2,9-12H,1,3-8H2. The molecule has 12 heavy (non-hydrogen) atoms. The van der Waals surface area contributed by atoms with Crippen LogP contribution in [0.1, 0.15) is 25.7 Å². The minimum Gasteiger partial charge on any atom is -0.393 e. The van der Waals surface area contributed by atoms with Gasteiger partial charge in [-0.2, -0.15) is 0 Å². The maximum atomic E-state index is 9.49. The maximum Gasteiger partial charge on any atom is 0.0580 e. The Labute approximate surface area is 74.7 Å². The van der Waals surface area contributed by atoms with Crippen molar-refractivity contribution in [2.45, 2.75) is 31.8 Å². The summed E-state index contributed by atoms with van der Waals surface area (Å²) < 4.78 is 0. The number of aliphatic hydroxyl groups excluding tert-OH is 1. The normalized spacial score (nSPS) is 29.1. The molecule has 70 valence electrons. The third-order valence-corrected chi connectivity index (χ3v) is 2.55. The van der Waals surface area contributed by atoms with E-state index in [9.17, 15) is 5.11 Å². The zero-order chi connectivity index (χ0) is 8.81. The van der Waals surface area contributed by atoms with E-state index in [-0.39, 0.29) is 6.10 Å². The van der Waals surface area contributed by atoms with Gasteiger partial charge in [-0.25, -0.2) is 0 Å². The van der Waals surface area contributed by atoms with Crippen LogP contribution in [0.3, 0.4) is 0 Å². The molecule has 0 saturated heterocycles. The number of nitrogens with one attached hydrogen (secondary N) is 1. The SMILES string of the molecule is C=CCCNCC1CCCC1O. The first-order valence-corrected chi connectivity index (χ1v) is 4.84. The average molecular weight is 169 g/mol. The van der Waals surface area contributed by atoms with Crippen molar-refractivity contribution >= 4 is 0 Å². The minimum absolute atomic E-state index is 0.0544. The van der Waals surface area contributed by atoms with Crippen LogP contribution in [0.25, 0.3) is 0 Å². The summed E-state index contributed by atoms with van der Waals surface area (Å²) >= 11 is 0. The second-order valence-electron chi connectivity index (χ2n) is 3.54. The largest absolute Gasteiger partial charge is 0.393 e. The second kappa shape index (κ2) is 5.33. The van der Waals surface area contributed by atoms with Crippen LogP contribution in [0.4, 0.5) is 0 Å². The summed E-state index contributed by atoms with van der Waals surface area (Å²) in [6, 6.07) is 0. The van der Waals surface area contributed by atoms with Crippen molar-refractivity contribution in [3.05, 3.63) is 12.7 Å². The van der Waals surface area contributed by atoms with Crippen LogP contribution in [0.2, 0.25) is 0 Å². The second-order valence-corrected chi connectivity index (χ2v) is 3.54. The van der Waals surface area contributed by atoms with Gasteiger partial charge in [0, 0.05) is 6.54 Å².